The highest BCUT2D eigenvalue weighted by molar-refractivity contribution is 5.97. The number of carbonyl (C=O) groups excluding carboxylic acids is 1. The van der Waals surface area contributed by atoms with Crippen molar-refractivity contribution in [3.8, 4) is 11.5 Å². The van der Waals surface area contributed by atoms with E-state index in [9.17, 15) is 4.79 Å². The van der Waals surface area contributed by atoms with Crippen LogP contribution in [0.3, 0.4) is 0 Å². The maximum Gasteiger partial charge on any atom is 0.255 e. The number of rotatable bonds is 6. The first-order valence-electron chi connectivity index (χ1n) is 10.2. The normalized spacial score (nSPS) is 22.7. The van der Waals surface area contributed by atoms with Crippen LogP contribution in [0.2, 0.25) is 0 Å². The van der Waals surface area contributed by atoms with E-state index in [0.717, 1.165) is 18.6 Å². The molecule has 4 nitrogen and oxygen atoms in total. The zero-order valence-corrected chi connectivity index (χ0v) is 15.7. The molecule has 0 spiro atoms. The van der Waals surface area contributed by atoms with Gasteiger partial charge in [0.15, 0.2) is 0 Å². The predicted octanol–water partition coefficient (Wildman–Crippen LogP) is 4.66. The Morgan fingerprint density at radius 1 is 0.815 bits per heavy atom. The standard InChI is InChI=1S/C23H28N2O2/c26-23(25-21-16-15-20(21)24-17-9-3-1-4-10-17)19-13-7-8-14-22(19)27-18-11-5-2-6-12-18/h2,5-8,11-14,17,20-21,24H,1,3-4,9-10,15-16H2,(H,25,26). The summed E-state index contributed by atoms with van der Waals surface area (Å²) >= 11 is 0. The Bertz CT molecular complexity index is 756. The van der Waals surface area contributed by atoms with E-state index in [-0.39, 0.29) is 11.9 Å². The van der Waals surface area contributed by atoms with Crippen molar-refractivity contribution in [1.29, 1.82) is 0 Å². The summed E-state index contributed by atoms with van der Waals surface area (Å²) < 4.78 is 5.94. The minimum atomic E-state index is -0.0540. The van der Waals surface area contributed by atoms with Crippen molar-refractivity contribution in [2.24, 2.45) is 0 Å². The first-order valence-corrected chi connectivity index (χ1v) is 10.2. The largest absolute Gasteiger partial charge is 0.457 e. The van der Waals surface area contributed by atoms with Gasteiger partial charge in [0, 0.05) is 18.1 Å². The highest BCUT2D eigenvalue weighted by atomic mass is 16.5. The van der Waals surface area contributed by atoms with Gasteiger partial charge in [0.1, 0.15) is 11.5 Å². The van der Waals surface area contributed by atoms with E-state index in [2.05, 4.69) is 10.6 Å². The lowest BCUT2D eigenvalue weighted by Gasteiger charge is -2.41. The van der Waals surface area contributed by atoms with Crippen LogP contribution in [-0.4, -0.2) is 24.0 Å². The SMILES string of the molecule is O=C(NC1CCC1NC1CCCCC1)c1ccccc1Oc1ccccc1. The van der Waals surface area contributed by atoms with Gasteiger partial charge in [0.05, 0.1) is 5.56 Å². The number of amides is 1. The van der Waals surface area contributed by atoms with Crippen LogP contribution in [0.1, 0.15) is 55.3 Å². The minimum absolute atomic E-state index is 0.0540. The van der Waals surface area contributed by atoms with Crippen molar-refractivity contribution in [2.75, 3.05) is 0 Å². The third-order valence-corrected chi connectivity index (χ3v) is 5.75. The van der Waals surface area contributed by atoms with E-state index >= 15 is 0 Å². The summed E-state index contributed by atoms with van der Waals surface area (Å²) in [4.78, 5) is 12.9. The molecule has 2 aromatic rings. The zero-order chi connectivity index (χ0) is 18.5. The Morgan fingerprint density at radius 2 is 1.52 bits per heavy atom. The van der Waals surface area contributed by atoms with Crippen molar-refractivity contribution < 1.29 is 9.53 Å². The van der Waals surface area contributed by atoms with Crippen LogP contribution in [0, 0.1) is 0 Å². The molecule has 0 aliphatic heterocycles. The lowest BCUT2D eigenvalue weighted by molar-refractivity contribution is 0.0883. The highest BCUT2D eigenvalue weighted by Crippen LogP contribution is 2.28. The smallest absolute Gasteiger partial charge is 0.255 e. The van der Waals surface area contributed by atoms with Crippen LogP contribution in [-0.2, 0) is 0 Å². The Balaban J connectivity index is 1.38. The minimum Gasteiger partial charge on any atom is -0.457 e. The molecule has 0 bridgehead atoms. The molecular weight excluding hydrogens is 336 g/mol. The second kappa shape index (κ2) is 8.57. The maximum absolute atomic E-state index is 12.9. The lowest BCUT2D eigenvalue weighted by Crippen LogP contribution is -2.59. The summed E-state index contributed by atoms with van der Waals surface area (Å²) in [7, 11) is 0. The molecule has 2 aromatic carbocycles. The van der Waals surface area contributed by atoms with Crippen molar-refractivity contribution in [3.63, 3.8) is 0 Å². The molecular formula is C23H28N2O2. The first-order chi connectivity index (χ1) is 13.3. The number of benzene rings is 2. The molecule has 0 radical (unpaired) electrons. The van der Waals surface area contributed by atoms with Crippen LogP contribution >= 0.6 is 0 Å². The summed E-state index contributed by atoms with van der Waals surface area (Å²) in [6, 6.07) is 18.3. The molecule has 1 amide bonds. The number of carbonyl (C=O) groups is 1. The lowest BCUT2D eigenvalue weighted by atomic mass is 9.84. The summed E-state index contributed by atoms with van der Waals surface area (Å²) in [5.74, 6) is 1.28. The fourth-order valence-corrected chi connectivity index (χ4v) is 4.05. The highest BCUT2D eigenvalue weighted by Gasteiger charge is 2.34. The Morgan fingerprint density at radius 3 is 2.26 bits per heavy atom. The maximum atomic E-state index is 12.9. The number of nitrogens with one attached hydrogen (secondary N) is 2. The quantitative estimate of drug-likeness (QED) is 0.784. The fraction of sp³-hybridized carbons (Fsp3) is 0.435. The molecule has 2 fully saturated rings. The van der Waals surface area contributed by atoms with Gasteiger partial charge < -0.3 is 15.4 Å². The summed E-state index contributed by atoms with van der Waals surface area (Å²) in [5, 5.41) is 6.99. The van der Waals surface area contributed by atoms with Gasteiger partial charge in [-0.2, -0.15) is 0 Å². The Kier molecular flexibility index (Phi) is 5.73. The third kappa shape index (κ3) is 4.51. The van der Waals surface area contributed by atoms with Gasteiger partial charge in [0.25, 0.3) is 5.91 Å². The molecule has 0 saturated heterocycles. The topological polar surface area (TPSA) is 50.4 Å². The predicted molar refractivity (Wildman–Crippen MR) is 107 cm³/mol. The molecule has 2 aliphatic rings. The molecule has 27 heavy (non-hydrogen) atoms. The molecule has 4 rings (SSSR count). The number of hydrogen-bond acceptors (Lipinski definition) is 3. The third-order valence-electron chi connectivity index (χ3n) is 5.75. The van der Waals surface area contributed by atoms with Crippen LogP contribution in [0.5, 0.6) is 11.5 Å². The molecule has 142 valence electrons. The van der Waals surface area contributed by atoms with E-state index in [1.807, 2.05) is 54.6 Å². The monoisotopic (exact) mass is 364 g/mol. The molecule has 4 heteroatoms. The van der Waals surface area contributed by atoms with Crippen molar-refractivity contribution in [1.82, 2.24) is 10.6 Å². The molecule has 2 unspecified atom stereocenters. The molecule has 2 saturated carbocycles. The number of para-hydroxylation sites is 2. The Labute approximate surface area is 161 Å². The van der Waals surface area contributed by atoms with Gasteiger partial charge in [-0.25, -0.2) is 0 Å². The Hall–Kier alpha value is -2.33. The van der Waals surface area contributed by atoms with Gasteiger partial charge in [-0.1, -0.05) is 49.6 Å². The van der Waals surface area contributed by atoms with E-state index in [1.54, 1.807) is 0 Å². The van der Waals surface area contributed by atoms with Crippen LogP contribution < -0.4 is 15.4 Å². The molecule has 0 aromatic heterocycles. The molecule has 2 atom stereocenters. The second-order valence-corrected chi connectivity index (χ2v) is 7.68. The fourth-order valence-electron chi connectivity index (χ4n) is 4.05. The zero-order valence-electron chi connectivity index (χ0n) is 15.7. The summed E-state index contributed by atoms with van der Waals surface area (Å²) in [6.07, 6.45) is 8.73. The summed E-state index contributed by atoms with van der Waals surface area (Å²) in [5.41, 5.74) is 0.588. The summed E-state index contributed by atoms with van der Waals surface area (Å²) in [6.45, 7) is 0. The van der Waals surface area contributed by atoms with Gasteiger partial charge in [-0.15, -0.1) is 0 Å². The van der Waals surface area contributed by atoms with Gasteiger partial charge in [0.2, 0.25) is 0 Å². The van der Waals surface area contributed by atoms with E-state index in [4.69, 9.17) is 4.74 Å². The average Bonchev–Trinajstić information content (AvgIpc) is 2.71. The van der Waals surface area contributed by atoms with Gasteiger partial charge >= 0.3 is 0 Å². The van der Waals surface area contributed by atoms with Crippen molar-refractivity contribution in [3.05, 3.63) is 60.2 Å². The van der Waals surface area contributed by atoms with Crippen LogP contribution in [0.15, 0.2) is 54.6 Å². The molecule has 2 aliphatic carbocycles. The van der Waals surface area contributed by atoms with E-state index < -0.39 is 0 Å². The van der Waals surface area contributed by atoms with Gasteiger partial charge in [-0.3, -0.25) is 4.79 Å². The number of hydrogen-bond donors (Lipinski definition) is 2. The average molecular weight is 364 g/mol. The van der Waals surface area contributed by atoms with Crippen LogP contribution in [0.25, 0.3) is 0 Å². The molecule has 0 heterocycles. The first kappa shape index (κ1) is 18.1. The van der Waals surface area contributed by atoms with Crippen molar-refractivity contribution >= 4 is 5.91 Å². The molecule has 2 N–H and O–H groups in total. The van der Waals surface area contributed by atoms with E-state index in [0.29, 0.717) is 23.4 Å². The van der Waals surface area contributed by atoms with Gasteiger partial charge in [-0.05, 0) is 49.9 Å². The second-order valence-electron chi connectivity index (χ2n) is 7.68. The number of ether oxygens (including phenoxy) is 1. The van der Waals surface area contributed by atoms with Crippen LogP contribution in [0.4, 0.5) is 0 Å². The van der Waals surface area contributed by atoms with E-state index in [1.165, 1.54) is 32.1 Å². The van der Waals surface area contributed by atoms with Crippen molar-refractivity contribution in [2.45, 2.75) is 63.1 Å².